The van der Waals surface area contributed by atoms with Gasteiger partial charge in [-0.2, -0.15) is 0 Å². The van der Waals surface area contributed by atoms with Gasteiger partial charge in [0, 0.05) is 31.6 Å². The molecule has 70 heavy (non-hydrogen) atoms. The molecule has 0 radical (unpaired) electrons. The van der Waals surface area contributed by atoms with E-state index in [0.29, 0.717) is 25.9 Å². The molecule has 0 spiro atoms. The summed E-state index contributed by atoms with van der Waals surface area (Å²) in [6.45, 7) is 4.76. The third kappa shape index (κ3) is 10.4. The smallest absolute Gasteiger partial charge is 0.245 e. The molecule has 6 atom stereocenters. The largest absolute Gasteiger partial charge is 0.357 e. The summed E-state index contributed by atoms with van der Waals surface area (Å²) < 4.78 is 14.4. The third-order valence-corrected chi connectivity index (χ3v) is 16.0. The van der Waals surface area contributed by atoms with Gasteiger partial charge in [-0.05, 0) is 148 Å². The number of Topliss-reactive ketones (excluding diaryl/α,β-unsaturated/α-hetero) is 2. The second kappa shape index (κ2) is 22.0. The summed E-state index contributed by atoms with van der Waals surface area (Å²) in [5.41, 5.74) is 7.04. The minimum atomic E-state index is -0.430. The average Bonchev–Trinajstić information content (AvgIpc) is 4.21. The van der Waals surface area contributed by atoms with Crippen LogP contribution in [0.15, 0.2) is 133 Å². The molecule has 10 rings (SSSR count). The molecule has 0 saturated carbocycles. The molecule has 9 nitrogen and oxygen atoms in total. The molecule has 5 heterocycles. The second-order valence-corrected chi connectivity index (χ2v) is 20.5. The van der Waals surface area contributed by atoms with Crippen molar-refractivity contribution in [2.75, 3.05) is 44.2 Å². The lowest BCUT2D eigenvalue weighted by Gasteiger charge is -2.37. The van der Waals surface area contributed by atoms with Gasteiger partial charge in [0.25, 0.3) is 0 Å². The van der Waals surface area contributed by atoms with E-state index in [-0.39, 0.29) is 66.2 Å². The Labute approximate surface area is 413 Å². The highest BCUT2D eigenvalue weighted by Gasteiger charge is 2.42. The highest BCUT2D eigenvalue weighted by molar-refractivity contribution is 5.94. The SMILES string of the molecule is O=C(Cc1ccc([C@@H]2CC[C@@H](c3ccc(CC(=O)[C@@H]4CCCN4C(=O)[C@@H](c4ccccc4)N4CCCCC4)cc3)N2c2ccc(F)cc2)cc1)[C@@H]1CCCN1C(=O)[C@@H](c1ccccc1)N1CCCCC1. The Balaban J connectivity index is 0.809. The lowest BCUT2D eigenvalue weighted by atomic mass is 9.97. The molecule has 364 valence electrons. The summed E-state index contributed by atoms with van der Waals surface area (Å²) in [6, 6.07) is 42.1. The van der Waals surface area contributed by atoms with Crippen LogP contribution in [0.2, 0.25) is 0 Å². The number of likely N-dealkylation sites (tertiary alicyclic amines) is 4. The van der Waals surface area contributed by atoms with Crippen molar-refractivity contribution < 1.29 is 23.6 Å². The van der Waals surface area contributed by atoms with Gasteiger partial charge in [-0.25, -0.2) is 4.39 Å². The molecular formula is C60H68FN5O4. The average molecular weight is 942 g/mol. The number of ketones is 2. The highest BCUT2D eigenvalue weighted by atomic mass is 19.1. The Hall–Kier alpha value is -5.97. The van der Waals surface area contributed by atoms with E-state index >= 15 is 0 Å². The van der Waals surface area contributed by atoms with E-state index in [1.54, 1.807) is 0 Å². The predicted octanol–water partition coefficient (Wildman–Crippen LogP) is 10.6. The van der Waals surface area contributed by atoms with E-state index in [1.807, 2.05) is 82.6 Å². The van der Waals surface area contributed by atoms with Gasteiger partial charge in [-0.1, -0.05) is 122 Å². The maximum Gasteiger partial charge on any atom is 0.245 e. The van der Waals surface area contributed by atoms with Crippen molar-refractivity contribution in [1.82, 2.24) is 19.6 Å². The minimum absolute atomic E-state index is 0.0182. The number of hydrogen-bond donors (Lipinski definition) is 0. The highest BCUT2D eigenvalue weighted by Crippen LogP contribution is 2.47. The van der Waals surface area contributed by atoms with Crippen LogP contribution in [0.1, 0.15) is 135 Å². The zero-order valence-electron chi connectivity index (χ0n) is 40.6. The first-order valence-electron chi connectivity index (χ1n) is 26.3. The van der Waals surface area contributed by atoms with Gasteiger partial charge in [0.2, 0.25) is 11.8 Å². The van der Waals surface area contributed by atoms with Crippen LogP contribution >= 0.6 is 0 Å². The number of piperidine rings is 2. The number of amides is 2. The molecule has 5 fully saturated rings. The van der Waals surface area contributed by atoms with E-state index < -0.39 is 12.1 Å². The number of carbonyl (C=O) groups excluding carboxylic acids is 4. The van der Waals surface area contributed by atoms with Gasteiger partial charge in [0.05, 0.1) is 24.2 Å². The second-order valence-electron chi connectivity index (χ2n) is 20.5. The van der Waals surface area contributed by atoms with Gasteiger partial charge in [-0.15, -0.1) is 0 Å². The zero-order valence-corrected chi connectivity index (χ0v) is 40.6. The maximum absolute atomic E-state index is 14.4. The molecular weight excluding hydrogens is 874 g/mol. The fourth-order valence-corrected chi connectivity index (χ4v) is 12.5. The molecule has 5 aliphatic rings. The van der Waals surface area contributed by atoms with E-state index in [4.69, 9.17) is 0 Å². The number of nitrogens with zero attached hydrogens (tertiary/aromatic N) is 5. The Morgan fingerprint density at radius 3 is 1.24 bits per heavy atom. The molecule has 5 aromatic carbocycles. The van der Waals surface area contributed by atoms with Crippen LogP contribution in [0.4, 0.5) is 10.1 Å². The summed E-state index contributed by atoms with van der Waals surface area (Å²) in [5, 5.41) is 0. The van der Waals surface area contributed by atoms with Gasteiger partial charge in [-0.3, -0.25) is 29.0 Å². The van der Waals surface area contributed by atoms with Crippen molar-refractivity contribution in [3.8, 4) is 0 Å². The molecule has 0 bridgehead atoms. The topological polar surface area (TPSA) is 84.5 Å². The molecule has 2 amide bonds. The Bertz CT molecular complexity index is 2410. The van der Waals surface area contributed by atoms with Gasteiger partial charge in [0.15, 0.2) is 11.6 Å². The van der Waals surface area contributed by atoms with Crippen molar-refractivity contribution in [1.29, 1.82) is 0 Å². The first kappa shape index (κ1) is 47.7. The third-order valence-electron chi connectivity index (χ3n) is 16.0. The normalized spacial score (nSPS) is 23.1. The molecule has 10 heteroatoms. The van der Waals surface area contributed by atoms with Gasteiger partial charge < -0.3 is 14.7 Å². The van der Waals surface area contributed by atoms with Crippen LogP contribution in [0, 0.1) is 5.82 Å². The van der Waals surface area contributed by atoms with Crippen molar-refractivity contribution in [2.24, 2.45) is 0 Å². The number of carbonyl (C=O) groups is 4. The fourth-order valence-electron chi connectivity index (χ4n) is 12.5. The van der Waals surface area contributed by atoms with Crippen molar-refractivity contribution in [2.45, 2.75) is 126 Å². The Morgan fingerprint density at radius 1 is 0.443 bits per heavy atom. The summed E-state index contributed by atoms with van der Waals surface area (Å²) in [5.74, 6) is -0.0243. The standard InChI is InChI=1S/C60H68FN5O4/c61-49-29-31-50(32-30-49)66-51(45-25-21-43(22-26-45)41-55(67)53-19-13-39-64(53)59(69)57(47-15-5-1-6-16-47)62-35-9-3-10-36-62)33-34-52(66)46-27-23-44(24-28-46)42-56(68)54-20-14-40-65(54)60(70)58(48-17-7-2-8-18-48)63-37-11-4-12-38-63/h1-2,5-8,15-18,21-32,51-54,57-58H,3-4,9-14,19-20,33-42H2/t51-,52-,53-,54-,57+,58+/m0/s1. The Morgan fingerprint density at radius 2 is 0.843 bits per heavy atom. The van der Waals surface area contributed by atoms with Crippen molar-refractivity contribution in [3.05, 3.63) is 173 Å². The molecule has 5 saturated heterocycles. The predicted molar refractivity (Wildman–Crippen MR) is 273 cm³/mol. The molecule has 0 N–H and O–H groups in total. The van der Waals surface area contributed by atoms with E-state index in [0.717, 1.165) is 117 Å². The maximum atomic E-state index is 14.4. The summed E-state index contributed by atoms with van der Waals surface area (Å²) >= 11 is 0. The van der Waals surface area contributed by atoms with Crippen LogP contribution in [0.25, 0.3) is 0 Å². The number of rotatable bonds is 15. The number of benzene rings is 5. The number of halogens is 1. The summed E-state index contributed by atoms with van der Waals surface area (Å²) in [7, 11) is 0. The van der Waals surface area contributed by atoms with Crippen LogP contribution in [-0.4, -0.2) is 94.3 Å². The summed E-state index contributed by atoms with van der Waals surface area (Å²) in [4.78, 5) is 67.8. The lowest BCUT2D eigenvalue weighted by molar-refractivity contribution is -0.142. The molecule has 5 aliphatic heterocycles. The summed E-state index contributed by atoms with van der Waals surface area (Å²) in [6.07, 6.45) is 12.0. The first-order chi connectivity index (χ1) is 34.3. The van der Waals surface area contributed by atoms with Crippen LogP contribution in [0.5, 0.6) is 0 Å². The monoisotopic (exact) mass is 942 g/mol. The van der Waals surface area contributed by atoms with Crippen LogP contribution in [0.3, 0.4) is 0 Å². The number of anilines is 1. The van der Waals surface area contributed by atoms with E-state index in [9.17, 15) is 23.6 Å². The van der Waals surface area contributed by atoms with Crippen molar-refractivity contribution in [3.63, 3.8) is 0 Å². The molecule has 0 aliphatic carbocycles. The van der Waals surface area contributed by atoms with Gasteiger partial charge in [0.1, 0.15) is 17.9 Å². The Kier molecular flexibility index (Phi) is 15.0. The van der Waals surface area contributed by atoms with Crippen LogP contribution in [-0.2, 0) is 32.0 Å². The molecule has 0 aromatic heterocycles. The zero-order chi connectivity index (χ0) is 48.0. The van der Waals surface area contributed by atoms with Crippen molar-refractivity contribution >= 4 is 29.1 Å². The van der Waals surface area contributed by atoms with Gasteiger partial charge >= 0.3 is 0 Å². The van der Waals surface area contributed by atoms with Crippen LogP contribution < -0.4 is 4.90 Å². The quantitative estimate of drug-likeness (QED) is 0.103. The fraction of sp³-hybridized carbons (Fsp3) is 0.433. The van der Waals surface area contributed by atoms with E-state index in [2.05, 4.69) is 63.2 Å². The molecule has 0 unspecified atom stereocenters. The first-order valence-corrected chi connectivity index (χ1v) is 26.3. The van der Waals surface area contributed by atoms with E-state index in [1.165, 1.54) is 25.0 Å². The molecule has 5 aromatic rings. The minimum Gasteiger partial charge on any atom is -0.357 e. The lowest BCUT2D eigenvalue weighted by Crippen LogP contribution is -2.48. The number of hydrogen-bond acceptors (Lipinski definition) is 7.